The van der Waals surface area contributed by atoms with Crippen molar-refractivity contribution in [2.75, 3.05) is 19.8 Å². The van der Waals surface area contributed by atoms with Gasteiger partial charge in [0.05, 0.1) is 25.1 Å². The zero-order valence-electron chi connectivity index (χ0n) is 7.93. The number of ether oxygens (including phenoxy) is 2. The molecule has 1 aliphatic heterocycles. The number of aryl methyl sites for hydroxylation is 1. The Bertz CT molecular complexity index is 264. The fraction of sp³-hybridized carbons (Fsp3) is 0.667. The van der Waals surface area contributed by atoms with Gasteiger partial charge in [0, 0.05) is 6.61 Å². The van der Waals surface area contributed by atoms with Crippen molar-refractivity contribution in [3.8, 4) is 0 Å². The van der Waals surface area contributed by atoms with Crippen molar-refractivity contribution in [1.82, 2.24) is 15.4 Å². The Kier molecular flexibility index (Phi) is 3.37. The molecule has 0 amide bonds. The standard InChI is InChI=1S/C9H13N3O2/c1(5-13-6-9-7-14-9)2-8-3-4-10-12-11-8/h3-4,9H,1-2,5-7H2. The molecule has 5 nitrogen and oxygen atoms in total. The lowest BCUT2D eigenvalue weighted by molar-refractivity contribution is 0.114. The van der Waals surface area contributed by atoms with E-state index in [1.54, 1.807) is 6.20 Å². The molecule has 1 aliphatic rings. The quantitative estimate of drug-likeness (QED) is 0.480. The molecule has 2 rings (SSSR count). The summed E-state index contributed by atoms with van der Waals surface area (Å²) >= 11 is 0. The van der Waals surface area contributed by atoms with E-state index in [1.807, 2.05) is 6.07 Å². The normalized spacial score (nSPS) is 19.6. The molecular formula is C9H13N3O2. The molecule has 1 saturated heterocycles. The molecule has 1 aromatic heterocycles. The van der Waals surface area contributed by atoms with Gasteiger partial charge in [0.25, 0.3) is 0 Å². The molecule has 0 radical (unpaired) electrons. The van der Waals surface area contributed by atoms with Gasteiger partial charge in [-0.3, -0.25) is 0 Å². The van der Waals surface area contributed by atoms with Gasteiger partial charge in [0.1, 0.15) is 6.10 Å². The summed E-state index contributed by atoms with van der Waals surface area (Å²) in [7, 11) is 0. The van der Waals surface area contributed by atoms with Crippen molar-refractivity contribution in [3.63, 3.8) is 0 Å². The molecule has 1 atom stereocenters. The van der Waals surface area contributed by atoms with E-state index in [1.165, 1.54) is 0 Å². The van der Waals surface area contributed by atoms with E-state index in [2.05, 4.69) is 15.4 Å². The number of aromatic nitrogens is 3. The summed E-state index contributed by atoms with van der Waals surface area (Å²) < 4.78 is 10.4. The lowest BCUT2D eigenvalue weighted by Crippen LogP contribution is -2.04. The molecular weight excluding hydrogens is 182 g/mol. The maximum absolute atomic E-state index is 5.39. The molecule has 0 aromatic carbocycles. The highest BCUT2D eigenvalue weighted by Crippen LogP contribution is 2.08. The second-order valence-electron chi connectivity index (χ2n) is 3.25. The van der Waals surface area contributed by atoms with Crippen molar-refractivity contribution < 1.29 is 9.47 Å². The van der Waals surface area contributed by atoms with Crippen LogP contribution >= 0.6 is 0 Å². The van der Waals surface area contributed by atoms with Crippen LogP contribution in [0.5, 0.6) is 0 Å². The van der Waals surface area contributed by atoms with Gasteiger partial charge in [-0.25, -0.2) is 0 Å². The van der Waals surface area contributed by atoms with Gasteiger partial charge in [-0.05, 0) is 24.1 Å². The van der Waals surface area contributed by atoms with Gasteiger partial charge in [-0.1, -0.05) is 0 Å². The first kappa shape index (κ1) is 9.48. The zero-order chi connectivity index (χ0) is 9.64. The molecule has 1 fully saturated rings. The maximum Gasteiger partial charge on any atom is 0.104 e. The average Bonchev–Trinajstić information content (AvgIpc) is 3.03. The molecule has 0 N–H and O–H groups in total. The van der Waals surface area contributed by atoms with Crippen LogP contribution in [0.4, 0.5) is 0 Å². The van der Waals surface area contributed by atoms with E-state index < -0.39 is 0 Å². The first-order chi connectivity index (χ1) is 6.95. The molecule has 1 aromatic rings. The maximum atomic E-state index is 5.39. The largest absolute Gasteiger partial charge is 0.379 e. The molecule has 2 heterocycles. The predicted molar refractivity (Wildman–Crippen MR) is 48.7 cm³/mol. The van der Waals surface area contributed by atoms with Crippen LogP contribution < -0.4 is 0 Å². The third kappa shape index (κ3) is 3.35. The SMILES string of the molecule is c1cc(CCCOCC2CO2)nnn1. The summed E-state index contributed by atoms with van der Waals surface area (Å²) in [4.78, 5) is 0. The van der Waals surface area contributed by atoms with Gasteiger partial charge in [-0.15, -0.1) is 10.2 Å². The van der Waals surface area contributed by atoms with Crippen molar-refractivity contribution in [2.24, 2.45) is 0 Å². The lowest BCUT2D eigenvalue weighted by Gasteiger charge is -2.00. The van der Waals surface area contributed by atoms with E-state index >= 15 is 0 Å². The summed E-state index contributed by atoms with van der Waals surface area (Å²) in [6, 6.07) is 1.87. The summed E-state index contributed by atoms with van der Waals surface area (Å²) in [5.41, 5.74) is 0.964. The van der Waals surface area contributed by atoms with Crippen molar-refractivity contribution in [1.29, 1.82) is 0 Å². The van der Waals surface area contributed by atoms with Gasteiger partial charge in [0.15, 0.2) is 0 Å². The summed E-state index contributed by atoms with van der Waals surface area (Å²) in [5.74, 6) is 0. The Morgan fingerprint density at radius 2 is 2.50 bits per heavy atom. The highest BCUT2D eigenvalue weighted by Gasteiger charge is 2.21. The predicted octanol–water partition coefficient (Wildman–Crippen LogP) is 0.220. The van der Waals surface area contributed by atoms with Gasteiger partial charge >= 0.3 is 0 Å². The molecule has 0 saturated carbocycles. The van der Waals surface area contributed by atoms with Crippen LogP contribution in [0.2, 0.25) is 0 Å². The number of nitrogens with zero attached hydrogens (tertiary/aromatic N) is 3. The fourth-order valence-corrected chi connectivity index (χ4v) is 1.13. The topological polar surface area (TPSA) is 60.4 Å². The summed E-state index contributed by atoms with van der Waals surface area (Å²) in [5, 5.41) is 11.1. The van der Waals surface area contributed by atoms with Crippen LogP contribution in [0, 0.1) is 0 Å². The fourth-order valence-electron chi connectivity index (χ4n) is 1.13. The van der Waals surface area contributed by atoms with E-state index in [-0.39, 0.29) is 0 Å². The number of epoxide rings is 1. The van der Waals surface area contributed by atoms with Crippen molar-refractivity contribution >= 4 is 0 Å². The molecule has 1 unspecified atom stereocenters. The minimum Gasteiger partial charge on any atom is -0.379 e. The summed E-state index contributed by atoms with van der Waals surface area (Å²) in [6.07, 6.45) is 3.86. The van der Waals surface area contributed by atoms with Gasteiger partial charge in [-0.2, -0.15) is 0 Å². The summed E-state index contributed by atoms with van der Waals surface area (Å²) in [6.45, 7) is 2.34. The van der Waals surface area contributed by atoms with E-state index in [9.17, 15) is 0 Å². The monoisotopic (exact) mass is 195 g/mol. The van der Waals surface area contributed by atoms with Crippen LogP contribution in [0.15, 0.2) is 12.3 Å². The van der Waals surface area contributed by atoms with E-state index in [4.69, 9.17) is 9.47 Å². The Labute approximate surface area is 82.4 Å². The highest BCUT2D eigenvalue weighted by atomic mass is 16.6. The van der Waals surface area contributed by atoms with E-state index in [0.29, 0.717) is 6.10 Å². The Morgan fingerprint density at radius 1 is 1.57 bits per heavy atom. The number of hydrogen-bond acceptors (Lipinski definition) is 5. The molecule has 0 aliphatic carbocycles. The van der Waals surface area contributed by atoms with E-state index in [0.717, 1.165) is 38.4 Å². The Hall–Kier alpha value is -1.07. The molecule has 76 valence electrons. The lowest BCUT2D eigenvalue weighted by atomic mass is 10.2. The molecule has 14 heavy (non-hydrogen) atoms. The molecule has 5 heteroatoms. The minimum absolute atomic E-state index is 0.357. The number of rotatable bonds is 6. The van der Waals surface area contributed by atoms with Crippen LogP contribution in [0.25, 0.3) is 0 Å². The second-order valence-corrected chi connectivity index (χ2v) is 3.25. The van der Waals surface area contributed by atoms with Gasteiger partial charge in [0.2, 0.25) is 0 Å². The highest BCUT2D eigenvalue weighted by molar-refractivity contribution is 4.94. The Balaban J connectivity index is 1.54. The third-order valence-electron chi connectivity index (χ3n) is 1.99. The second kappa shape index (κ2) is 4.97. The van der Waals surface area contributed by atoms with Crippen LogP contribution in [-0.4, -0.2) is 41.3 Å². The molecule has 0 spiro atoms. The zero-order valence-corrected chi connectivity index (χ0v) is 7.93. The smallest absolute Gasteiger partial charge is 0.104 e. The Morgan fingerprint density at radius 3 is 3.21 bits per heavy atom. The third-order valence-corrected chi connectivity index (χ3v) is 1.99. The number of hydrogen-bond donors (Lipinski definition) is 0. The minimum atomic E-state index is 0.357. The van der Waals surface area contributed by atoms with Gasteiger partial charge < -0.3 is 9.47 Å². The first-order valence-corrected chi connectivity index (χ1v) is 4.78. The van der Waals surface area contributed by atoms with Crippen molar-refractivity contribution in [2.45, 2.75) is 18.9 Å². The first-order valence-electron chi connectivity index (χ1n) is 4.78. The van der Waals surface area contributed by atoms with Crippen LogP contribution in [-0.2, 0) is 15.9 Å². The molecule has 0 bridgehead atoms. The van der Waals surface area contributed by atoms with Crippen LogP contribution in [0.1, 0.15) is 12.1 Å². The van der Waals surface area contributed by atoms with Crippen molar-refractivity contribution in [3.05, 3.63) is 18.0 Å². The van der Waals surface area contributed by atoms with Crippen LogP contribution in [0.3, 0.4) is 0 Å². The average molecular weight is 195 g/mol.